The molecule has 0 aliphatic rings. The van der Waals surface area contributed by atoms with E-state index in [2.05, 4.69) is 12.6 Å². The molecule has 0 N–H and O–H groups in total. The molecule has 0 aromatic carbocycles. The summed E-state index contributed by atoms with van der Waals surface area (Å²) < 4.78 is 0. The molecule has 0 aliphatic heterocycles. The molecule has 0 aliphatic carbocycles. The standard InChI is InChI=1S/C8H13N/c1-4-8(5-2,6-3)7-9/h4H,1,5-6H2,2-3H3. The van der Waals surface area contributed by atoms with Crippen LogP contribution >= 0.6 is 0 Å². The van der Waals surface area contributed by atoms with Crippen LogP contribution in [0.25, 0.3) is 0 Å². The second kappa shape index (κ2) is 3.29. The minimum absolute atomic E-state index is 0.264. The zero-order valence-corrected chi connectivity index (χ0v) is 6.15. The maximum Gasteiger partial charge on any atom is 0.0745 e. The molecular formula is C8H13N. The van der Waals surface area contributed by atoms with Crippen LogP contribution in [-0.2, 0) is 0 Å². The third-order valence-corrected chi connectivity index (χ3v) is 1.88. The van der Waals surface area contributed by atoms with Crippen LogP contribution in [0.5, 0.6) is 0 Å². The van der Waals surface area contributed by atoms with Crippen molar-refractivity contribution < 1.29 is 0 Å². The first kappa shape index (κ1) is 8.23. The van der Waals surface area contributed by atoms with E-state index in [1.807, 2.05) is 13.8 Å². The van der Waals surface area contributed by atoms with E-state index in [0.717, 1.165) is 12.8 Å². The van der Waals surface area contributed by atoms with Crippen molar-refractivity contribution in [3.05, 3.63) is 12.7 Å². The maximum atomic E-state index is 8.66. The molecule has 0 bridgehead atoms. The Morgan fingerprint density at radius 3 is 2.00 bits per heavy atom. The van der Waals surface area contributed by atoms with E-state index in [1.54, 1.807) is 6.08 Å². The predicted molar refractivity (Wildman–Crippen MR) is 38.8 cm³/mol. The summed E-state index contributed by atoms with van der Waals surface area (Å²) in [5.74, 6) is 0. The van der Waals surface area contributed by atoms with Crippen molar-refractivity contribution in [3.63, 3.8) is 0 Å². The molecule has 1 nitrogen and oxygen atoms in total. The maximum absolute atomic E-state index is 8.66. The van der Waals surface area contributed by atoms with Crippen molar-refractivity contribution in [2.24, 2.45) is 5.41 Å². The van der Waals surface area contributed by atoms with E-state index in [4.69, 9.17) is 5.26 Å². The van der Waals surface area contributed by atoms with Gasteiger partial charge in [0.15, 0.2) is 0 Å². The quantitative estimate of drug-likeness (QED) is 0.529. The van der Waals surface area contributed by atoms with Crippen LogP contribution in [0.1, 0.15) is 26.7 Å². The zero-order chi connectivity index (χ0) is 7.33. The fraction of sp³-hybridized carbons (Fsp3) is 0.625. The largest absolute Gasteiger partial charge is 0.197 e. The molecule has 0 aromatic heterocycles. The molecule has 0 aromatic rings. The Morgan fingerprint density at radius 1 is 1.56 bits per heavy atom. The van der Waals surface area contributed by atoms with Crippen LogP contribution in [0.15, 0.2) is 12.7 Å². The van der Waals surface area contributed by atoms with Gasteiger partial charge in [-0.1, -0.05) is 19.9 Å². The number of hydrogen-bond acceptors (Lipinski definition) is 1. The highest BCUT2D eigenvalue weighted by Gasteiger charge is 2.19. The minimum Gasteiger partial charge on any atom is -0.197 e. The highest BCUT2D eigenvalue weighted by Crippen LogP contribution is 2.25. The van der Waals surface area contributed by atoms with Gasteiger partial charge in [0.05, 0.1) is 11.5 Å². The normalized spacial score (nSPS) is 10.3. The Kier molecular flexibility index (Phi) is 3.01. The Hall–Kier alpha value is -0.770. The van der Waals surface area contributed by atoms with Crippen molar-refractivity contribution in [1.82, 2.24) is 0 Å². The lowest BCUT2D eigenvalue weighted by atomic mass is 9.84. The summed E-state index contributed by atoms with van der Waals surface area (Å²) >= 11 is 0. The first-order valence-electron chi connectivity index (χ1n) is 3.29. The van der Waals surface area contributed by atoms with Gasteiger partial charge in [0.25, 0.3) is 0 Å². The summed E-state index contributed by atoms with van der Waals surface area (Å²) in [6, 6.07) is 2.25. The third kappa shape index (κ3) is 1.57. The molecule has 1 heteroatoms. The van der Waals surface area contributed by atoms with Crippen molar-refractivity contribution in [2.75, 3.05) is 0 Å². The summed E-state index contributed by atoms with van der Waals surface area (Å²) in [5.41, 5.74) is -0.264. The average molecular weight is 123 g/mol. The molecule has 0 amide bonds. The smallest absolute Gasteiger partial charge is 0.0745 e. The van der Waals surface area contributed by atoms with E-state index in [-0.39, 0.29) is 5.41 Å². The molecule has 0 unspecified atom stereocenters. The molecule has 0 spiro atoms. The molecule has 0 atom stereocenters. The number of hydrogen-bond donors (Lipinski definition) is 0. The van der Waals surface area contributed by atoms with E-state index < -0.39 is 0 Å². The fourth-order valence-electron chi connectivity index (χ4n) is 0.742. The second-order valence-electron chi connectivity index (χ2n) is 2.18. The number of rotatable bonds is 3. The highest BCUT2D eigenvalue weighted by molar-refractivity contribution is 5.08. The lowest BCUT2D eigenvalue weighted by molar-refractivity contribution is 0.471. The summed E-state index contributed by atoms with van der Waals surface area (Å²) in [7, 11) is 0. The van der Waals surface area contributed by atoms with Gasteiger partial charge in [0.2, 0.25) is 0 Å². The third-order valence-electron chi connectivity index (χ3n) is 1.88. The summed E-state index contributed by atoms with van der Waals surface area (Å²) in [4.78, 5) is 0. The van der Waals surface area contributed by atoms with Crippen LogP contribution in [0.4, 0.5) is 0 Å². The van der Waals surface area contributed by atoms with E-state index in [9.17, 15) is 0 Å². The first-order valence-corrected chi connectivity index (χ1v) is 3.29. The molecule has 0 radical (unpaired) electrons. The van der Waals surface area contributed by atoms with E-state index in [1.165, 1.54) is 0 Å². The van der Waals surface area contributed by atoms with Crippen LogP contribution < -0.4 is 0 Å². The molecule has 9 heavy (non-hydrogen) atoms. The van der Waals surface area contributed by atoms with E-state index >= 15 is 0 Å². The van der Waals surface area contributed by atoms with Crippen molar-refractivity contribution >= 4 is 0 Å². The average Bonchev–Trinajstić information content (AvgIpc) is 1.95. The lowest BCUT2D eigenvalue weighted by Gasteiger charge is -2.16. The van der Waals surface area contributed by atoms with Gasteiger partial charge in [-0.2, -0.15) is 5.26 Å². The van der Waals surface area contributed by atoms with Gasteiger partial charge >= 0.3 is 0 Å². The van der Waals surface area contributed by atoms with Gasteiger partial charge in [0.1, 0.15) is 0 Å². The van der Waals surface area contributed by atoms with Crippen molar-refractivity contribution in [1.29, 1.82) is 5.26 Å². The molecule has 0 saturated heterocycles. The molecular weight excluding hydrogens is 110 g/mol. The zero-order valence-electron chi connectivity index (χ0n) is 6.15. The van der Waals surface area contributed by atoms with Gasteiger partial charge in [-0.3, -0.25) is 0 Å². The van der Waals surface area contributed by atoms with Gasteiger partial charge in [-0.15, -0.1) is 6.58 Å². The second-order valence-corrected chi connectivity index (χ2v) is 2.18. The van der Waals surface area contributed by atoms with Crippen LogP contribution in [0.3, 0.4) is 0 Å². The molecule has 0 saturated carbocycles. The van der Waals surface area contributed by atoms with Gasteiger partial charge in [-0.25, -0.2) is 0 Å². The topological polar surface area (TPSA) is 23.8 Å². The molecule has 50 valence electrons. The van der Waals surface area contributed by atoms with Crippen LogP contribution in [0.2, 0.25) is 0 Å². The predicted octanol–water partition coefficient (Wildman–Crippen LogP) is 2.50. The SMILES string of the molecule is C=CC(C#N)(CC)CC. The first-order chi connectivity index (χ1) is 4.24. The number of nitriles is 1. The Morgan fingerprint density at radius 2 is 2.00 bits per heavy atom. The lowest BCUT2D eigenvalue weighted by Crippen LogP contribution is -2.11. The van der Waals surface area contributed by atoms with Gasteiger partial charge in [-0.05, 0) is 12.8 Å². The summed E-state index contributed by atoms with van der Waals surface area (Å²) in [5, 5.41) is 8.66. The van der Waals surface area contributed by atoms with Crippen LogP contribution in [0, 0.1) is 16.7 Å². The summed E-state index contributed by atoms with van der Waals surface area (Å²) in [6.45, 7) is 7.64. The minimum atomic E-state index is -0.264. The number of nitrogens with zero attached hydrogens (tertiary/aromatic N) is 1. The van der Waals surface area contributed by atoms with Crippen molar-refractivity contribution in [2.45, 2.75) is 26.7 Å². The van der Waals surface area contributed by atoms with E-state index in [0.29, 0.717) is 0 Å². The van der Waals surface area contributed by atoms with Crippen molar-refractivity contribution in [3.8, 4) is 6.07 Å². The summed E-state index contributed by atoms with van der Waals surface area (Å²) in [6.07, 6.45) is 3.47. The van der Waals surface area contributed by atoms with Gasteiger partial charge in [0, 0.05) is 0 Å². The highest BCUT2D eigenvalue weighted by atomic mass is 14.3. The molecule has 0 heterocycles. The Bertz CT molecular complexity index is 126. The monoisotopic (exact) mass is 123 g/mol. The molecule has 0 rings (SSSR count). The Balaban J connectivity index is 4.21. The number of allylic oxidation sites excluding steroid dienone is 1. The molecule has 0 fully saturated rings. The van der Waals surface area contributed by atoms with Gasteiger partial charge < -0.3 is 0 Å². The fourth-order valence-corrected chi connectivity index (χ4v) is 0.742. The Labute approximate surface area is 57.0 Å². The van der Waals surface area contributed by atoms with Crippen LogP contribution in [-0.4, -0.2) is 0 Å².